The van der Waals surface area contributed by atoms with Crippen LogP contribution >= 0.6 is 11.6 Å². The second kappa shape index (κ2) is 9.73. The van der Waals surface area contributed by atoms with Crippen LogP contribution in [0.3, 0.4) is 0 Å². The quantitative estimate of drug-likeness (QED) is 0.752. The molecule has 5 heteroatoms. The third-order valence-electron chi connectivity index (χ3n) is 3.41. The fourth-order valence-corrected chi connectivity index (χ4v) is 2.22. The number of Topliss-reactive ketones (excluding diaryl/α,β-unsaturated/α-hetero) is 1. The molecule has 0 spiro atoms. The second-order valence-electron chi connectivity index (χ2n) is 5.40. The SMILES string of the molecule is O=C(CCCC(=O)NCc1ccc(Cl)cc1)COc1ccccc1. The van der Waals surface area contributed by atoms with Crippen molar-refractivity contribution in [2.45, 2.75) is 25.8 Å². The van der Waals surface area contributed by atoms with Crippen molar-refractivity contribution in [3.05, 3.63) is 65.2 Å². The van der Waals surface area contributed by atoms with Crippen molar-refractivity contribution in [3.8, 4) is 5.75 Å². The lowest BCUT2D eigenvalue weighted by atomic mass is 10.1. The first-order chi connectivity index (χ1) is 11.6. The van der Waals surface area contributed by atoms with Crippen molar-refractivity contribution >= 4 is 23.3 Å². The first-order valence-corrected chi connectivity index (χ1v) is 8.22. The number of benzene rings is 2. The van der Waals surface area contributed by atoms with Gasteiger partial charge in [0.25, 0.3) is 0 Å². The Morgan fingerprint density at radius 1 is 0.958 bits per heavy atom. The maximum Gasteiger partial charge on any atom is 0.220 e. The molecule has 126 valence electrons. The van der Waals surface area contributed by atoms with Crippen molar-refractivity contribution < 1.29 is 14.3 Å². The molecule has 2 rings (SSSR count). The summed E-state index contributed by atoms with van der Waals surface area (Å²) >= 11 is 5.81. The van der Waals surface area contributed by atoms with E-state index in [0.29, 0.717) is 36.6 Å². The van der Waals surface area contributed by atoms with Gasteiger partial charge >= 0.3 is 0 Å². The first kappa shape index (κ1) is 18.0. The van der Waals surface area contributed by atoms with E-state index in [-0.39, 0.29) is 18.3 Å². The van der Waals surface area contributed by atoms with Crippen LogP contribution in [-0.4, -0.2) is 18.3 Å². The summed E-state index contributed by atoms with van der Waals surface area (Å²) in [5, 5.41) is 3.49. The molecule has 0 aliphatic carbocycles. The number of rotatable bonds is 9. The maximum absolute atomic E-state index is 11.8. The lowest BCUT2D eigenvalue weighted by molar-refractivity contribution is -0.122. The Hall–Kier alpha value is -2.33. The topological polar surface area (TPSA) is 55.4 Å². The monoisotopic (exact) mass is 345 g/mol. The van der Waals surface area contributed by atoms with Crippen LogP contribution in [-0.2, 0) is 16.1 Å². The summed E-state index contributed by atoms with van der Waals surface area (Å²) in [6.07, 6.45) is 1.18. The van der Waals surface area contributed by atoms with Gasteiger partial charge in [-0.25, -0.2) is 0 Å². The molecule has 0 fully saturated rings. The number of ketones is 1. The van der Waals surface area contributed by atoms with Crippen molar-refractivity contribution in [3.63, 3.8) is 0 Å². The van der Waals surface area contributed by atoms with E-state index in [2.05, 4.69) is 5.32 Å². The Kier molecular flexibility index (Phi) is 7.30. The summed E-state index contributed by atoms with van der Waals surface area (Å²) in [5.41, 5.74) is 0.986. The van der Waals surface area contributed by atoms with Crippen molar-refractivity contribution in [2.75, 3.05) is 6.61 Å². The highest BCUT2D eigenvalue weighted by Gasteiger charge is 2.06. The standard InChI is InChI=1S/C19H20ClNO3/c20-16-11-9-15(10-12-16)13-21-19(23)8-4-5-17(22)14-24-18-6-2-1-3-7-18/h1-3,6-7,9-12H,4-5,8,13-14H2,(H,21,23). The fourth-order valence-electron chi connectivity index (χ4n) is 2.09. The lowest BCUT2D eigenvalue weighted by Gasteiger charge is -2.06. The minimum atomic E-state index is -0.0678. The van der Waals surface area contributed by atoms with Crippen molar-refractivity contribution in [1.29, 1.82) is 0 Å². The van der Waals surface area contributed by atoms with E-state index in [1.807, 2.05) is 30.3 Å². The largest absolute Gasteiger partial charge is 0.486 e. The molecule has 0 aliphatic heterocycles. The number of para-hydroxylation sites is 1. The molecule has 0 atom stereocenters. The number of hydrogen-bond donors (Lipinski definition) is 1. The van der Waals surface area contributed by atoms with E-state index in [1.54, 1.807) is 24.3 Å². The summed E-state index contributed by atoms with van der Waals surface area (Å²) in [7, 11) is 0. The number of nitrogens with one attached hydrogen (secondary N) is 1. The van der Waals surface area contributed by atoms with Crippen molar-refractivity contribution in [2.24, 2.45) is 0 Å². The molecule has 0 radical (unpaired) electrons. The highest BCUT2D eigenvalue weighted by atomic mass is 35.5. The van der Waals surface area contributed by atoms with Gasteiger partial charge < -0.3 is 10.1 Å². The van der Waals surface area contributed by atoms with E-state index in [0.717, 1.165) is 5.56 Å². The molecule has 0 heterocycles. The Morgan fingerprint density at radius 3 is 2.38 bits per heavy atom. The summed E-state index contributed by atoms with van der Waals surface area (Å²) in [6, 6.07) is 16.5. The van der Waals surface area contributed by atoms with Crippen LogP contribution < -0.4 is 10.1 Å². The van der Waals surface area contributed by atoms with Gasteiger partial charge in [0.15, 0.2) is 5.78 Å². The van der Waals surface area contributed by atoms with E-state index in [9.17, 15) is 9.59 Å². The van der Waals surface area contributed by atoms with E-state index in [4.69, 9.17) is 16.3 Å². The lowest BCUT2D eigenvalue weighted by Crippen LogP contribution is -2.22. The summed E-state index contributed by atoms with van der Waals surface area (Å²) in [5.74, 6) is 0.595. The molecule has 0 unspecified atom stereocenters. The summed E-state index contributed by atoms with van der Waals surface area (Å²) < 4.78 is 5.38. The molecule has 1 amide bonds. The molecule has 0 saturated carbocycles. The Labute approximate surface area is 146 Å². The van der Waals surface area contributed by atoms with Crippen molar-refractivity contribution in [1.82, 2.24) is 5.32 Å². The number of ether oxygens (including phenoxy) is 1. The van der Waals surface area contributed by atoms with Gasteiger partial charge in [-0.15, -0.1) is 0 Å². The van der Waals surface area contributed by atoms with Gasteiger partial charge in [-0.3, -0.25) is 9.59 Å². The number of amides is 1. The molecular weight excluding hydrogens is 326 g/mol. The second-order valence-corrected chi connectivity index (χ2v) is 5.83. The van der Waals surface area contributed by atoms with E-state index in [1.165, 1.54) is 0 Å². The summed E-state index contributed by atoms with van der Waals surface area (Å²) in [4.78, 5) is 23.5. The number of carbonyl (C=O) groups excluding carboxylic acids is 2. The van der Waals surface area contributed by atoms with Gasteiger partial charge in [-0.1, -0.05) is 41.9 Å². The highest BCUT2D eigenvalue weighted by Crippen LogP contribution is 2.10. The van der Waals surface area contributed by atoms with Crippen LogP contribution in [0.1, 0.15) is 24.8 Å². The van der Waals surface area contributed by atoms with Gasteiger partial charge in [0.05, 0.1) is 0 Å². The fraction of sp³-hybridized carbons (Fsp3) is 0.263. The molecule has 24 heavy (non-hydrogen) atoms. The minimum Gasteiger partial charge on any atom is -0.486 e. The third-order valence-corrected chi connectivity index (χ3v) is 3.66. The highest BCUT2D eigenvalue weighted by molar-refractivity contribution is 6.30. The first-order valence-electron chi connectivity index (χ1n) is 7.84. The van der Waals surface area contributed by atoms with Crippen LogP contribution in [0, 0.1) is 0 Å². The Balaban J connectivity index is 1.58. The van der Waals surface area contributed by atoms with Crippen LogP contribution in [0.4, 0.5) is 0 Å². The normalized spacial score (nSPS) is 10.2. The van der Waals surface area contributed by atoms with Crippen LogP contribution in [0.2, 0.25) is 5.02 Å². The molecule has 0 saturated heterocycles. The molecule has 0 aliphatic rings. The molecule has 2 aromatic carbocycles. The molecule has 0 aromatic heterocycles. The predicted molar refractivity (Wildman–Crippen MR) is 94.1 cm³/mol. The maximum atomic E-state index is 11.8. The van der Waals surface area contributed by atoms with Crippen LogP contribution in [0.5, 0.6) is 5.75 Å². The Bertz CT molecular complexity index is 656. The Morgan fingerprint density at radius 2 is 1.67 bits per heavy atom. The molecule has 4 nitrogen and oxygen atoms in total. The molecular formula is C19H20ClNO3. The average Bonchev–Trinajstić information content (AvgIpc) is 2.60. The van der Waals surface area contributed by atoms with E-state index < -0.39 is 0 Å². The summed E-state index contributed by atoms with van der Waals surface area (Å²) in [6.45, 7) is 0.497. The van der Waals surface area contributed by atoms with Crippen LogP contribution in [0.25, 0.3) is 0 Å². The zero-order valence-electron chi connectivity index (χ0n) is 13.3. The van der Waals surface area contributed by atoms with Gasteiger partial charge in [0, 0.05) is 24.4 Å². The average molecular weight is 346 g/mol. The van der Waals surface area contributed by atoms with Gasteiger partial charge in [0.2, 0.25) is 5.91 Å². The van der Waals surface area contributed by atoms with E-state index >= 15 is 0 Å². The van der Waals surface area contributed by atoms with Crippen LogP contribution in [0.15, 0.2) is 54.6 Å². The predicted octanol–water partition coefficient (Wildman–Crippen LogP) is 3.77. The van der Waals surface area contributed by atoms with Gasteiger partial charge in [-0.05, 0) is 36.2 Å². The van der Waals surface area contributed by atoms with Gasteiger partial charge in [0.1, 0.15) is 12.4 Å². The zero-order chi connectivity index (χ0) is 17.2. The third kappa shape index (κ3) is 6.84. The van der Waals surface area contributed by atoms with Gasteiger partial charge in [-0.2, -0.15) is 0 Å². The molecule has 2 aromatic rings. The minimum absolute atomic E-state index is 0.00986. The number of hydrogen-bond acceptors (Lipinski definition) is 3. The smallest absolute Gasteiger partial charge is 0.220 e. The molecule has 0 bridgehead atoms. The molecule has 1 N–H and O–H groups in total. The number of carbonyl (C=O) groups is 2. The number of halogens is 1. The zero-order valence-corrected chi connectivity index (χ0v) is 14.1.